The maximum Gasteiger partial charge on any atom is 0.487 e. The van der Waals surface area contributed by atoms with Gasteiger partial charge in [0, 0.05) is 5.57 Å². The first-order valence-electron chi connectivity index (χ1n) is 6.18. The lowest BCUT2D eigenvalue weighted by Crippen LogP contribution is -2.52. The number of hydrogen-bond acceptors (Lipinski definition) is 6. The lowest BCUT2D eigenvalue weighted by molar-refractivity contribution is -0.136. The topological polar surface area (TPSA) is 104 Å². The molecule has 0 amide bonds. The number of diazo groups is 1. The monoisotopic (exact) mass is 283 g/mol. The van der Waals surface area contributed by atoms with Gasteiger partial charge in [0.05, 0.1) is 6.61 Å². The molecule has 0 bridgehead atoms. The fraction of sp³-hybridized carbons (Fsp3) is 0.615. The van der Waals surface area contributed by atoms with E-state index in [4.69, 9.17) is 14.9 Å². The average molecular weight is 283 g/mol. The molecule has 2 N–H and O–H groups in total. The third kappa shape index (κ3) is 2.47. The molecule has 7 nitrogen and oxygen atoms in total. The zero-order chi connectivity index (χ0) is 15.7. The Kier molecular flexibility index (Phi) is 4.10. The van der Waals surface area contributed by atoms with Crippen molar-refractivity contribution in [3.8, 4) is 0 Å². The third-order valence-corrected chi connectivity index (χ3v) is 2.68. The molecule has 0 spiro atoms. The highest BCUT2D eigenvalue weighted by molar-refractivity contribution is 6.13. The molecule has 0 aromatic rings. The Balaban J connectivity index is 3.30. The number of rotatable bonds is 4. The number of ether oxygens (including phenoxy) is 2. The fourth-order valence-electron chi connectivity index (χ4n) is 1.87. The Labute approximate surface area is 117 Å². The van der Waals surface area contributed by atoms with Crippen LogP contribution in [0.15, 0.2) is 23.0 Å². The summed E-state index contributed by atoms with van der Waals surface area (Å²) in [6, 6.07) is 0. The quantitative estimate of drug-likeness (QED) is 0.604. The van der Waals surface area contributed by atoms with Gasteiger partial charge in [-0.2, -0.15) is 0 Å². The van der Waals surface area contributed by atoms with Gasteiger partial charge in [0.25, 0.3) is 0 Å². The molecule has 0 aromatic heterocycles. The minimum absolute atomic E-state index is 0.0538. The van der Waals surface area contributed by atoms with Gasteiger partial charge in [-0.05, 0) is 34.6 Å². The van der Waals surface area contributed by atoms with Crippen LogP contribution in [0.4, 0.5) is 0 Å². The lowest BCUT2D eigenvalue weighted by Gasteiger charge is -2.33. The van der Waals surface area contributed by atoms with E-state index in [-0.39, 0.29) is 17.9 Å². The standard InChI is InChI=1S/C13H18N2O5/c1-6-19-10-7(2)9(16)13(10,18)8(15-14)11(17)20-12(3,4)5/h18H,6H2,1-5H3/p+1/b11-8+. The summed E-state index contributed by atoms with van der Waals surface area (Å²) >= 11 is 0. The zero-order valence-electron chi connectivity index (χ0n) is 12.2. The van der Waals surface area contributed by atoms with Crippen LogP contribution in [-0.2, 0) is 14.3 Å². The maximum atomic E-state index is 11.9. The van der Waals surface area contributed by atoms with Gasteiger partial charge < -0.3 is 19.7 Å². The van der Waals surface area contributed by atoms with Crippen molar-refractivity contribution in [3.63, 3.8) is 0 Å². The molecule has 110 valence electrons. The number of hydrogen-bond donors (Lipinski definition) is 2. The summed E-state index contributed by atoms with van der Waals surface area (Å²) < 4.78 is 10.3. The molecule has 0 fully saturated rings. The predicted molar refractivity (Wildman–Crippen MR) is 69.9 cm³/mol. The number of carbonyl (C=O) groups excluding carboxylic acids is 1. The third-order valence-electron chi connectivity index (χ3n) is 2.68. The van der Waals surface area contributed by atoms with Crippen LogP contribution in [0.2, 0.25) is 0 Å². The summed E-state index contributed by atoms with van der Waals surface area (Å²) in [5.41, 5.74) is -3.59. The van der Waals surface area contributed by atoms with E-state index < -0.39 is 28.6 Å². The van der Waals surface area contributed by atoms with E-state index >= 15 is 0 Å². The molecule has 7 heteroatoms. The second-order valence-electron chi connectivity index (χ2n) is 5.39. The second-order valence-corrected chi connectivity index (χ2v) is 5.39. The van der Waals surface area contributed by atoms with Crippen molar-refractivity contribution >= 4 is 5.78 Å². The number of aliphatic hydroxyl groups excluding tert-OH is 1. The minimum Gasteiger partial charge on any atom is -0.494 e. The van der Waals surface area contributed by atoms with Crippen molar-refractivity contribution in [3.05, 3.63) is 28.0 Å². The van der Waals surface area contributed by atoms with Crippen molar-refractivity contribution in [2.75, 3.05) is 6.61 Å². The molecule has 0 aromatic carbocycles. The molecule has 1 aliphatic rings. The van der Waals surface area contributed by atoms with Crippen LogP contribution < -0.4 is 0 Å². The molecule has 1 atom stereocenters. The van der Waals surface area contributed by atoms with E-state index in [1.807, 2.05) is 0 Å². The fourth-order valence-corrected chi connectivity index (χ4v) is 1.87. The molecular formula is C13H19N2O5+. The number of Topliss-reactive ketones (excluding diaryl/α,β-unsaturated/α-hetero) is 1. The van der Waals surface area contributed by atoms with E-state index in [9.17, 15) is 15.0 Å². The summed E-state index contributed by atoms with van der Waals surface area (Å²) in [7, 11) is 0. The van der Waals surface area contributed by atoms with Crippen molar-refractivity contribution < 1.29 is 24.5 Å². The van der Waals surface area contributed by atoms with Crippen LogP contribution >= 0.6 is 0 Å². The van der Waals surface area contributed by atoms with Crippen LogP contribution in [0.3, 0.4) is 0 Å². The summed E-state index contributed by atoms with van der Waals surface area (Å²) in [5.74, 6) is -1.60. The molecule has 1 rings (SSSR count). The van der Waals surface area contributed by atoms with Gasteiger partial charge in [0.2, 0.25) is 11.2 Å². The highest BCUT2D eigenvalue weighted by Crippen LogP contribution is 2.43. The van der Waals surface area contributed by atoms with E-state index in [2.05, 4.69) is 4.98 Å². The molecule has 0 saturated carbocycles. The molecular weight excluding hydrogens is 264 g/mol. The predicted octanol–water partition coefficient (Wildman–Crippen LogP) is 2.01. The van der Waals surface area contributed by atoms with Crippen molar-refractivity contribution in [1.82, 2.24) is 0 Å². The number of ketones is 1. The Hall–Kier alpha value is -2.07. The summed E-state index contributed by atoms with van der Waals surface area (Å²) in [4.78, 5) is 14.7. The van der Waals surface area contributed by atoms with Gasteiger partial charge >= 0.3 is 17.2 Å². The van der Waals surface area contributed by atoms with Gasteiger partial charge in [-0.25, -0.2) is 0 Å². The number of carbonyl (C=O) groups is 1. The SMILES string of the molecule is CCOC1=C(C)C(=O)C1(O)/C([N+]#N)=C(/O)OC(C)(C)C. The van der Waals surface area contributed by atoms with E-state index in [0.717, 1.165) is 0 Å². The molecule has 0 saturated heterocycles. The average Bonchev–Trinajstić information content (AvgIpc) is 2.33. The van der Waals surface area contributed by atoms with Crippen LogP contribution in [0, 0.1) is 5.39 Å². The van der Waals surface area contributed by atoms with Gasteiger partial charge in [-0.1, -0.05) is 0 Å². The van der Waals surface area contributed by atoms with Crippen molar-refractivity contribution in [1.29, 1.82) is 5.39 Å². The van der Waals surface area contributed by atoms with Gasteiger partial charge in [0.15, 0.2) is 10.7 Å². The Bertz CT molecular complexity index is 536. The van der Waals surface area contributed by atoms with E-state index in [0.29, 0.717) is 0 Å². The summed E-state index contributed by atoms with van der Waals surface area (Å²) in [5, 5.41) is 29.3. The van der Waals surface area contributed by atoms with E-state index in [1.54, 1.807) is 27.7 Å². The largest absolute Gasteiger partial charge is 0.494 e. The molecule has 20 heavy (non-hydrogen) atoms. The number of aliphatic hydroxyl groups is 2. The lowest BCUT2D eigenvalue weighted by atomic mass is 9.76. The molecule has 0 radical (unpaired) electrons. The Morgan fingerprint density at radius 1 is 1.45 bits per heavy atom. The minimum atomic E-state index is -2.32. The van der Waals surface area contributed by atoms with Crippen molar-refractivity contribution in [2.24, 2.45) is 0 Å². The normalized spacial score (nSPS) is 23.8. The Morgan fingerprint density at radius 3 is 2.40 bits per heavy atom. The number of nitrogens with zero attached hydrogens (tertiary/aromatic N) is 2. The van der Waals surface area contributed by atoms with E-state index in [1.165, 1.54) is 6.92 Å². The van der Waals surface area contributed by atoms with Gasteiger partial charge in [-0.15, -0.1) is 0 Å². The van der Waals surface area contributed by atoms with Crippen molar-refractivity contribution in [2.45, 2.75) is 45.8 Å². The first-order chi connectivity index (χ1) is 9.09. The summed E-state index contributed by atoms with van der Waals surface area (Å²) in [6.07, 6.45) is 0. The highest BCUT2D eigenvalue weighted by atomic mass is 16.6. The molecule has 1 unspecified atom stereocenters. The maximum absolute atomic E-state index is 11.9. The van der Waals surface area contributed by atoms with Gasteiger partial charge in [-0.3, -0.25) is 4.79 Å². The molecule has 0 aliphatic heterocycles. The molecule has 1 aliphatic carbocycles. The zero-order valence-corrected chi connectivity index (χ0v) is 12.2. The molecule has 0 heterocycles. The Morgan fingerprint density at radius 2 is 2.00 bits per heavy atom. The van der Waals surface area contributed by atoms with Crippen LogP contribution in [0.5, 0.6) is 0 Å². The van der Waals surface area contributed by atoms with Gasteiger partial charge in [0.1, 0.15) is 5.60 Å². The first kappa shape index (κ1) is 16.0. The van der Waals surface area contributed by atoms with Crippen LogP contribution in [0.1, 0.15) is 34.6 Å². The van der Waals surface area contributed by atoms with Crippen LogP contribution in [-0.4, -0.2) is 33.8 Å². The smallest absolute Gasteiger partial charge is 0.487 e. The van der Waals surface area contributed by atoms with Crippen LogP contribution in [0.25, 0.3) is 4.98 Å². The first-order valence-corrected chi connectivity index (χ1v) is 6.18. The second kappa shape index (κ2) is 5.13. The summed E-state index contributed by atoms with van der Waals surface area (Å²) in [6.45, 7) is 8.30. The highest BCUT2D eigenvalue weighted by Gasteiger charge is 2.65.